The van der Waals surface area contributed by atoms with Crippen LogP contribution in [-0.2, 0) is 6.54 Å². The van der Waals surface area contributed by atoms with Gasteiger partial charge in [0.15, 0.2) is 10.9 Å². The lowest BCUT2D eigenvalue weighted by Crippen LogP contribution is -2.07. The van der Waals surface area contributed by atoms with E-state index in [1.807, 2.05) is 29.7 Å². The molecule has 0 aliphatic heterocycles. The van der Waals surface area contributed by atoms with Crippen molar-refractivity contribution in [3.05, 3.63) is 76.6 Å². The minimum atomic E-state index is 0.0450. The Kier molecular flexibility index (Phi) is 5.33. The van der Waals surface area contributed by atoms with Crippen LogP contribution in [0.25, 0.3) is 0 Å². The molecule has 0 N–H and O–H groups in total. The summed E-state index contributed by atoms with van der Waals surface area (Å²) in [5.74, 6) is 1.19. The molecule has 0 unspecified atom stereocenters. The second-order valence-electron chi connectivity index (χ2n) is 5.32. The van der Waals surface area contributed by atoms with Gasteiger partial charge < -0.3 is 4.57 Å². The maximum Gasteiger partial charge on any atom is 0.191 e. The highest BCUT2D eigenvalue weighted by Crippen LogP contribution is 2.20. The Balaban J connectivity index is 1.69. The standard InChI is InChI=1S/C18H16ClN3OS/c1-13-20-21-18(22(13)11-14-5-3-2-4-6-14)24-12-17(23)15-7-9-16(19)10-8-15/h2-10H,11-12H2,1H3. The first-order valence-electron chi connectivity index (χ1n) is 7.49. The van der Waals surface area contributed by atoms with Gasteiger partial charge in [0.05, 0.1) is 12.3 Å². The maximum absolute atomic E-state index is 12.3. The summed E-state index contributed by atoms with van der Waals surface area (Å²) in [6.45, 7) is 2.61. The molecule has 2 aromatic carbocycles. The number of aromatic nitrogens is 3. The van der Waals surface area contributed by atoms with Crippen molar-refractivity contribution in [2.75, 3.05) is 5.75 Å². The molecule has 3 aromatic rings. The number of carbonyl (C=O) groups excluding carboxylic acids is 1. The molecule has 0 amide bonds. The van der Waals surface area contributed by atoms with E-state index in [0.29, 0.717) is 22.9 Å². The van der Waals surface area contributed by atoms with E-state index in [1.54, 1.807) is 24.3 Å². The first-order chi connectivity index (χ1) is 11.6. The van der Waals surface area contributed by atoms with Crippen LogP contribution >= 0.6 is 23.4 Å². The minimum Gasteiger partial charge on any atom is -0.302 e. The van der Waals surface area contributed by atoms with Gasteiger partial charge in [0.1, 0.15) is 5.82 Å². The molecule has 0 bridgehead atoms. The molecular formula is C18H16ClN3OS. The Labute approximate surface area is 149 Å². The largest absolute Gasteiger partial charge is 0.302 e. The highest BCUT2D eigenvalue weighted by molar-refractivity contribution is 7.99. The molecule has 0 aliphatic rings. The van der Waals surface area contributed by atoms with Crippen LogP contribution in [-0.4, -0.2) is 26.3 Å². The molecule has 4 nitrogen and oxygen atoms in total. The molecule has 3 rings (SSSR count). The molecule has 0 spiro atoms. The highest BCUT2D eigenvalue weighted by atomic mass is 35.5. The van der Waals surface area contributed by atoms with E-state index in [-0.39, 0.29) is 5.78 Å². The van der Waals surface area contributed by atoms with Gasteiger partial charge in [-0.05, 0) is 36.8 Å². The van der Waals surface area contributed by atoms with Gasteiger partial charge in [-0.1, -0.05) is 53.7 Å². The molecule has 1 aromatic heterocycles. The second-order valence-corrected chi connectivity index (χ2v) is 6.70. The van der Waals surface area contributed by atoms with Crippen LogP contribution < -0.4 is 0 Å². The van der Waals surface area contributed by atoms with Gasteiger partial charge in [-0.2, -0.15) is 0 Å². The quantitative estimate of drug-likeness (QED) is 0.488. The van der Waals surface area contributed by atoms with E-state index < -0.39 is 0 Å². The van der Waals surface area contributed by atoms with Crippen LogP contribution in [0.2, 0.25) is 5.02 Å². The Morgan fingerprint density at radius 2 is 1.79 bits per heavy atom. The number of carbonyl (C=O) groups is 1. The molecule has 0 atom stereocenters. The van der Waals surface area contributed by atoms with Gasteiger partial charge in [0.2, 0.25) is 0 Å². The number of thioether (sulfide) groups is 1. The first kappa shape index (κ1) is 16.7. The zero-order valence-electron chi connectivity index (χ0n) is 13.1. The monoisotopic (exact) mass is 357 g/mol. The lowest BCUT2D eigenvalue weighted by Gasteiger charge is -2.08. The summed E-state index contributed by atoms with van der Waals surface area (Å²) in [5, 5.41) is 9.70. The van der Waals surface area contributed by atoms with Gasteiger partial charge in [-0.15, -0.1) is 10.2 Å². The Morgan fingerprint density at radius 3 is 2.50 bits per heavy atom. The van der Waals surface area contributed by atoms with Crippen molar-refractivity contribution in [3.63, 3.8) is 0 Å². The van der Waals surface area contributed by atoms with Gasteiger partial charge >= 0.3 is 0 Å². The molecule has 0 saturated carbocycles. The summed E-state index contributed by atoms with van der Waals surface area (Å²) >= 11 is 7.25. The summed E-state index contributed by atoms with van der Waals surface area (Å²) in [6.07, 6.45) is 0. The number of nitrogens with zero attached hydrogens (tertiary/aromatic N) is 3. The number of hydrogen-bond donors (Lipinski definition) is 0. The Morgan fingerprint density at radius 1 is 1.08 bits per heavy atom. The number of halogens is 1. The summed E-state index contributed by atoms with van der Waals surface area (Å²) in [5.41, 5.74) is 1.82. The molecule has 6 heteroatoms. The average molecular weight is 358 g/mol. The summed E-state index contributed by atoms with van der Waals surface area (Å²) in [7, 11) is 0. The predicted molar refractivity (Wildman–Crippen MR) is 96.8 cm³/mol. The molecule has 24 heavy (non-hydrogen) atoms. The third-order valence-electron chi connectivity index (χ3n) is 3.58. The number of ketones is 1. The minimum absolute atomic E-state index is 0.0450. The molecule has 1 heterocycles. The van der Waals surface area contributed by atoms with Crippen LogP contribution in [0.4, 0.5) is 0 Å². The summed E-state index contributed by atoms with van der Waals surface area (Å²) in [4.78, 5) is 12.3. The number of benzene rings is 2. The zero-order chi connectivity index (χ0) is 16.9. The van der Waals surface area contributed by atoms with Crippen molar-refractivity contribution in [1.82, 2.24) is 14.8 Å². The van der Waals surface area contributed by atoms with Gasteiger partial charge in [-0.3, -0.25) is 4.79 Å². The van der Waals surface area contributed by atoms with Crippen molar-refractivity contribution >= 4 is 29.1 Å². The maximum atomic E-state index is 12.3. The summed E-state index contributed by atoms with van der Waals surface area (Å²) < 4.78 is 2.02. The van der Waals surface area contributed by atoms with E-state index in [9.17, 15) is 4.79 Å². The molecular weight excluding hydrogens is 342 g/mol. The fourth-order valence-corrected chi connectivity index (χ4v) is 3.27. The number of aryl methyl sites for hydroxylation is 1. The molecule has 0 aliphatic carbocycles. The number of rotatable bonds is 6. The smallest absolute Gasteiger partial charge is 0.191 e. The lowest BCUT2D eigenvalue weighted by atomic mass is 10.1. The lowest BCUT2D eigenvalue weighted by molar-refractivity contribution is 0.102. The Hall–Kier alpha value is -2.11. The predicted octanol–water partition coefficient (Wildman–Crippen LogP) is 4.26. The van der Waals surface area contributed by atoms with Crippen molar-refractivity contribution in [3.8, 4) is 0 Å². The van der Waals surface area contributed by atoms with E-state index in [2.05, 4.69) is 22.3 Å². The van der Waals surface area contributed by atoms with Crippen LogP contribution in [0.5, 0.6) is 0 Å². The van der Waals surface area contributed by atoms with Crippen LogP contribution in [0, 0.1) is 6.92 Å². The Bertz CT molecular complexity index is 831. The van der Waals surface area contributed by atoms with E-state index in [4.69, 9.17) is 11.6 Å². The van der Waals surface area contributed by atoms with Crippen molar-refractivity contribution in [2.45, 2.75) is 18.6 Å². The van der Waals surface area contributed by atoms with E-state index >= 15 is 0 Å². The van der Waals surface area contributed by atoms with Crippen LogP contribution in [0.15, 0.2) is 59.8 Å². The zero-order valence-corrected chi connectivity index (χ0v) is 14.7. The summed E-state index contributed by atoms with van der Waals surface area (Å²) in [6, 6.07) is 17.1. The van der Waals surface area contributed by atoms with Crippen molar-refractivity contribution in [2.24, 2.45) is 0 Å². The molecule has 0 radical (unpaired) electrons. The molecule has 0 fully saturated rings. The second kappa shape index (κ2) is 7.64. The third kappa shape index (κ3) is 4.04. The molecule has 0 saturated heterocycles. The van der Waals surface area contributed by atoms with Crippen molar-refractivity contribution < 1.29 is 4.79 Å². The topological polar surface area (TPSA) is 47.8 Å². The third-order valence-corrected chi connectivity index (χ3v) is 4.80. The van der Waals surface area contributed by atoms with Crippen LogP contribution in [0.3, 0.4) is 0 Å². The number of hydrogen-bond acceptors (Lipinski definition) is 4. The van der Waals surface area contributed by atoms with Gasteiger partial charge in [-0.25, -0.2) is 0 Å². The van der Waals surface area contributed by atoms with Gasteiger partial charge in [0, 0.05) is 10.6 Å². The van der Waals surface area contributed by atoms with Gasteiger partial charge in [0.25, 0.3) is 0 Å². The molecule has 122 valence electrons. The van der Waals surface area contributed by atoms with Crippen molar-refractivity contribution in [1.29, 1.82) is 0 Å². The highest BCUT2D eigenvalue weighted by Gasteiger charge is 2.13. The van der Waals surface area contributed by atoms with E-state index in [1.165, 1.54) is 17.3 Å². The SMILES string of the molecule is Cc1nnc(SCC(=O)c2ccc(Cl)cc2)n1Cc1ccccc1. The fourth-order valence-electron chi connectivity index (χ4n) is 2.27. The first-order valence-corrected chi connectivity index (χ1v) is 8.85. The van der Waals surface area contributed by atoms with Crippen LogP contribution in [0.1, 0.15) is 21.7 Å². The fraction of sp³-hybridized carbons (Fsp3) is 0.167. The number of Topliss-reactive ketones (excluding diaryl/α,β-unsaturated/α-hetero) is 1. The van der Waals surface area contributed by atoms with E-state index in [0.717, 1.165) is 11.0 Å². The normalized spacial score (nSPS) is 10.8. The average Bonchev–Trinajstić information content (AvgIpc) is 2.94.